The highest BCUT2D eigenvalue weighted by atomic mass is 32.2. The van der Waals surface area contributed by atoms with Crippen LogP contribution in [0.2, 0.25) is 0 Å². The molecule has 0 aliphatic heterocycles. The van der Waals surface area contributed by atoms with Crippen molar-refractivity contribution in [1.29, 1.82) is 0 Å². The van der Waals surface area contributed by atoms with E-state index in [4.69, 9.17) is 0 Å². The number of aryl methyl sites for hydroxylation is 1. The third-order valence-corrected chi connectivity index (χ3v) is 7.31. The zero-order valence-electron chi connectivity index (χ0n) is 17.1. The minimum absolute atomic E-state index is 0.0741. The largest absolute Gasteiger partial charge is 0.312 e. The lowest BCUT2D eigenvalue weighted by Crippen LogP contribution is -2.18. The Kier molecular flexibility index (Phi) is 7.06. The van der Waals surface area contributed by atoms with Crippen LogP contribution in [0.15, 0.2) is 64.9 Å². The lowest BCUT2D eigenvalue weighted by atomic mass is 10.0. The highest BCUT2D eigenvalue weighted by molar-refractivity contribution is 7.99. The number of rotatable bonds is 9. The molecule has 158 valence electrons. The fourth-order valence-electron chi connectivity index (χ4n) is 2.98. The first-order valence-corrected chi connectivity index (χ1v) is 11.8. The SMILES string of the molecule is CNS(=O)(=O)c1ccc(CC(=O)Cc2cccc([C@H](C)Sc3nncn3C)c2)cc1. The van der Waals surface area contributed by atoms with Crippen molar-refractivity contribution in [3.05, 3.63) is 71.5 Å². The van der Waals surface area contributed by atoms with E-state index in [2.05, 4.69) is 27.9 Å². The molecule has 1 aromatic heterocycles. The van der Waals surface area contributed by atoms with E-state index in [9.17, 15) is 13.2 Å². The molecule has 0 radical (unpaired) electrons. The number of sulfonamides is 1. The third kappa shape index (κ3) is 5.56. The van der Waals surface area contributed by atoms with Gasteiger partial charge in [0.25, 0.3) is 0 Å². The predicted octanol–water partition coefficient (Wildman–Crippen LogP) is 2.93. The first-order chi connectivity index (χ1) is 14.3. The fourth-order valence-corrected chi connectivity index (χ4v) is 4.62. The quantitative estimate of drug-likeness (QED) is 0.510. The van der Waals surface area contributed by atoms with Crippen molar-refractivity contribution in [1.82, 2.24) is 19.5 Å². The Morgan fingerprint density at radius 3 is 2.47 bits per heavy atom. The minimum Gasteiger partial charge on any atom is -0.312 e. The Morgan fingerprint density at radius 2 is 1.83 bits per heavy atom. The second-order valence-electron chi connectivity index (χ2n) is 6.97. The number of thioether (sulfide) groups is 1. The van der Waals surface area contributed by atoms with Crippen molar-refractivity contribution >= 4 is 27.6 Å². The summed E-state index contributed by atoms with van der Waals surface area (Å²) in [6.45, 7) is 2.10. The molecule has 3 rings (SSSR count). The van der Waals surface area contributed by atoms with Gasteiger partial charge in [-0.05, 0) is 42.8 Å². The standard InChI is InChI=1S/C21H24N4O3S2/c1-15(29-21-24-23-14-25(21)3)18-6-4-5-17(11-18)13-19(26)12-16-7-9-20(10-8-16)30(27,28)22-2/h4-11,14-15,22H,12-13H2,1-3H3/t15-/m0/s1. The van der Waals surface area contributed by atoms with Crippen LogP contribution < -0.4 is 4.72 Å². The second-order valence-corrected chi connectivity index (χ2v) is 10.2. The van der Waals surface area contributed by atoms with E-state index >= 15 is 0 Å². The number of carbonyl (C=O) groups excluding carboxylic acids is 1. The fraction of sp³-hybridized carbons (Fsp3) is 0.286. The number of ketones is 1. The maximum absolute atomic E-state index is 12.5. The van der Waals surface area contributed by atoms with Crippen LogP contribution in [0.4, 0.5) is 0 Å². The van der Waals surface area contributed by atoms with Gasteiger partial charge >= 0.3 is 0 Å². The summed E-state index contributed by atoms with van der Waals surface area (Å²) >= 11 is 1.62. The summed E-state index contributed by atoms with van der Waals surface area (Å²) in [5.41, 5.74) is 2.87. The van der Waals surface area contributed by atoms with Gasteiger partial charge in [-0.3, -0.25) is 4.79 Å². The van der Waals surface area contributed by atoms with Gasteiger partial charge < -0.3 is 4.57 Å². The zero-order valence-corrected chi connectivity index (χ0v) is 18.7. The van der Waals surface area contributed by atoms with Gasteiger partial charge in [-0.2, -0.15) is 0 Å². The van der Waals surface area contributed by atoms with Crippen LogP contribution in [-0.4, -0.2) is 36.0 Å². The Balaban J connectivity index is 1.63. The molecule has 30 heavy (non-hydrogen) atoms. The average molecular weight is 445 g/mol. The van der Waals surface area contributed by atoms with E-state index in [1.54, 1.807) is 30.2 Å². The molecule has 7 nitrogen and oxygen atoms in total. The number of hydrogen-bond donors (Lipinski definition) is 1. The molecule has 0 bridgehead atoms. The monoisotopic (exact) mass is 444 g/mol. The Bertz CT molecular complexity index is 1130. The van der Waals surface area contributed by atoms with E-state index in [1.807, 2.05) is 29.8 Å². The lowest BCUT2D eigenvalue weighted by molar-refractivity contribution is -0.117. The normalized spacial score (nSPS) is 12.6. The van der Waals surface area contributed by atoms with Gasteiger partial charge in [-0.1, -0.05) is 48.2 Å². The number of aromatic nitrogens is 3. The number of benzene rings is 2. The first kappa shape index (κ1) is 22.2. The lowest BCUT2D eigenvalue weighted by Gasteiger charge is -2.12. The van der Waals surface area contributed by atoms with Crippen molar-refractivity contribution in [2.75, 3.05) is 7.05 Å². The molecule has 0 fully saturated rings. The Labute approximate surface area is 181 Å². The van der Waals surface area contributed by atoms with E-state index in [-0.39, 0.29) is 22.3 Å². The molecule has 1 N–H and O–H groups in total. The molecule has 1 heterocycles. The molecule has 0 amide bonds. The topological polar surface area (TPSA) is 93.9 Å². The van der Waals surface area contributed by atoms with Crippen LogP contribution in [0.3, 0.4) is 0 Å². The molecule has 0 unspecified atom stereocenters. The van der Waals surface area contributed by atoms with E-state index in [0.29, 0.717) is 6.42 Å². The van der Waals surface area contributed by atoms with Gasteiger partial charge in [0, 0.05) is 25.1 Å². The molecule has 1 atom stereocenters. The van der Waals surface area contributed by atoms with Gasteiger partial charge in [0.1, 0.15) is 12.1 Å². The smallest absolute Gasteiger partial charge is 0.240 e. The Morgan fingerprint density at radius 1 is 1.13 bits per heavy atom. The van der Waals surface area contributed by atoms with Crippen molar-refractivity contribution in [3.8, 4) is 0 Å². The molecular weight excluding hydrogens is 420 g/mol. The van der Waals surface area contributed by atoms with Crippen molar-refractivity contribution in [3.63, 3.8) is 0 Å². The van der Waals surface area contributed by atoms with Gasteiger partial charge in [-0.15, -0.1) is 10.2 Å². The summed E-state index contributed by atoms with van der Waals surface area (Å²) < 4.78 is 27.7. The highest BCUT2D eigenvalue weighted by Gasteiger charge is 2.14. The highest BCUT2D eigenvalue weighted by Crippen LogP contribution is 2.33. The van der Waals surface area contributed by atoms with Crippen LogP contribution in [-0.2, 0) is 34.7 Å². The zero-order chi connectivity index (χ0) is 21.7. The van der Waals surface area contributed by atoms with Gasteiger partial charge in [0.2, 0.25) is 10.0 Å². The molecule has 0 spiro atoms. The summed E-state index contributed by atoms with van der Waals surface area (Å²) in [6.07, 6.45) is 2.25. The van der Waals surface area contributed by atoms with Crippen LogP contribution in [0, 0.1) is 0 Å². The summed E-state index contributed by atoms with van der Waals surface area (Å²) in [4.78, 5) is 12.7. The van der Waals surface area contributed by atoms with Crippen LogP contribution in [0.1, 0.15) is 28.9 Å². The maximum Gasteiger partial charge on any atom is 0.240 e. The van der Waals surface area contributed by atoms with Crippen LogP contribution in [0.5, 0.6) is 0 Å². The van der Waals surface area contributed by atoms with Crippen molar-refractivity contribution in [2.24, 2.45) is 7.05 Å². The molecule has 0 saturated heterocycles. The summed E-state index contributed by atoms with van der Waals surface area (Å²) in [7, 11) is -0.197. The second kappa shape index (κ2) is 9.55. The molecule has 0 saturated carbocycles. The first-order valence-electron chi connectivity index (χ1n) is 9.42. The van der Waals surface area contributed by atoms with E-state index < -0.39 is 10.0 Å². The number of hydrogen-bond acceptors (Lipinski definition) is 6. The maximum atomic E-state index is 12.5. The predicted molar refractivity (Wildman–Crippen MR) is 117 cm³/mol. The van der Waals surface area contributed by atoms with E-state index in [0.717, 1.165) is 21.8 Å². The summed E-state index contributed by atoms with van der Waals surface area (Å²) in [6, 6.07) is 14.4. The van der Waals surface area contributed by atoms with E-state index in [1.165, 1.54) is 19.2 Å². The molecule has 2 aromatic carbocycles. The van der Waals surface area contributed by atoms with Crippen LogP contribution in [0.25, 0.3) is 0 Å². The molecule has 0 aliphatic carbocycles. The average Bonchev–Trinajstić information content (AvgIpc) is 3.13. The van der Waals surface area contributed by atoms with Gasteiger partial charge in [-0.25, -0.2) is 13.1 Å². The third-order valence-electron chi connectivity index (χ3n) is 4.68. The number of nitrogens with one attached hydrogen (secondary N) is 1. The van der Waals surface area contributed by atoms with Crippen molar-refractivity contribution < 1.29 is 13.2 Å². The molecular formula is C21H24N4O3S2. The summed E-state index contributed by atoms with van der Waals surface area (Å²) in [5, 5.41) is 9.02. The molecule has 9 heteroatoms. The molecule has 3 aromatic rings. The van der Waals surface area contributed by atoms with Crippen molar-refractivity contribution in [2.45, 2.75) is 35.1 Å². The number of carbonyl (C=O) groups is 1. The number of Topliss-reactive ketones (excluding diaryl/α,β-unsaturated/α-hetero) is 1. The minimum atomic E-state index is -3.47. The summed E-state index contributed by atoms with van der Waals surface area (Å²) in [5.74, 6) is 0.0741. The molecule has 0 aliphatic rings. The van der Waals surface area contributed by atoms with Gasteiger partial charge in [0.15, 0.2) is 5.16 Å². The Hall–Kier alpha value is -2.49. The number of nitrogens with zero attached hydrogens (tertiary/aromatic N) is 3. The van der Waals surface area contributed by atoms with Crippen LogP contribution >= 0.6 is 11.8 Å². The van der Waals surface area contributed by atoms with Gasteiger partial charge in [0.05, 0.1) is 4.90 Å².